The van der Waals surface area contributed by atoms with Crippen LogP contribution in [-0.2, 0) is 17.6 Å². The number of aromatic nitrogens is 3. The molecule has 1 amide bonds. The van der Waals surface area contributed by atoms with Crippen LogP contribution in [0, 0.1) is 5.92 Å². The number of halogens is 1. The van der Waals surface area contributed by atoms with Crippen molar-refractivity contribution in [2.75, 3.05) is 5.32 Å². The normalized spacial score (nSPS) is 17.2. The second-order valence-electron chi connectivity index (χ2n) is 6.89. The molecule has 0 aromatic carbocycles. The summed E-state index contributed by atoms with van der Waals surface area (Å²) in [6.45, 7) is 4.07. The van der Waals surface area contributed by atoms with Crippen LogP contribution in [0.4, 0.5) is 5.82 Å². The molecule has 1 aliphatic rings. The maximum Gasteiger partial charge on any atom is 0.277 e. The highest BCUT2D eigenvalue weighted by molar-refractivity contribution is 8.00. The molecule has 0 radical (unpaired) electrons. The van der Waals surface area contributed by atoms with Crippen LogP contribution in [0.3, 0.4) is 0 Å². The highest BCUT2D eigenvalue weighted by atomic mass is 35.5. The number of carbonyl (C=O) groups is 1. The Morgan fingerprint density at radius 1 is 1.43 bits per heavy atom. The molecule has 2 atom stereocenters. The van der Waals surface area contributed by atoms with Gasteiger partial charge in [-0.3, -0.25) is 4.79 Å². The number of hydrogen-bond donors (Lipinski definition) is 1. The summed E-state index contributed by atoms with van der Waals surface area (Å²) in [5, 5.41) is 11.5. The van der Waals surface area contributed by atoms with Crippen molar-refractivity contribution in [3.05, 3.63) is 39.9 Å². The van der Waals surface area contributed by atoms with Crippen LogP contribution in [-0.4, -0.2) is 26.3 Å². The number of nitrogens with one attached hydrogen (secondary N) is 1. The van der Waals surface area contributed by atoms with Gasteiger partial charge >= 0.3 is 0 Å². The predicted molar refractivity (Wildman–Crippen MR) is 112 cm³/mol. The monoisotopic (exact) mass is 434 g/mol. The topological polar surface area (TPSA) is 80.9 Å². The van der Waals surface area contributed by atoms with E-state index in [0.717, 1.165) is 23.6 Å². The zero-order valence-corrected chi connectivity index (χ0v) is 17.8. The van der Waals surface area contributed by atoms with E-state index in [4.69, 9.17) is 16.0 Å². The molecule has 9 heteroatoms. The molecule has 0 unspecified atom stereocenters. The number of fused-ring (bicyclic) bond motifs is 1. The summed E-state index contributed by atoms with van der Waals surface area (Å²) in [6, 6.07) is 5.50. The third-order valence-corrected chi connectivity index (χ3v) is 6.95. The highest BCUT2D eigenvalue weighted by Crippen LogP contribution is 2.37. The second kappa shape index (κ2) is 8.23. The second-order valence-corrected chi connectivity index (χ2v) is 9.76. The smallest absolute Gasteiger partial charge is 0.277 e. The van der Waals surface area contributed by atoms with Crippen molar-refractivity contribution in [2.45, 2.75) is 43.6 Å². The lowest BCUT2D eigenvalue weighted by molar-refractivity contribution is -0.115. The molecule has 0 bridgehead atoms. The Balaban J connectivity index is 1.40. The Bertz CT molecular complexity index is 986. The number of amides is 1. The van der Waals surface area contributed by atoms with Crippen LogP contribution in [0.2, 0.25) is 5.02 Å². The lowest BCUT2D eigenvalue weighted by Crippen LogP contribution is -2.22. The first-order valence-corrected chi connectivity index (χ1v) is 11.1. The van der Waals surface area contributed by atoms with E-state index >= 15 is 0 Å². The Kier molecular flexibility index (Phi) is 5.70. The Hall–Kier alpha value is -1.90. The molecule has 3 aromatic heterocycles. The van der Waals surface area contributed by atoms with Gasteiger partial charge in [0, 0.05) is 11.1 Å². The quantitative estimate of drug-likeness (QED) is 0.563. The standard InChI is InChI=1S/C19H19ClN4O2S2/c1-10-3-5-14-12(7-10)8-15(28-14)18-23-24-19(26-18)27-11(2)17(25)22-16-6-4-13(20)9-21-16/h4,6,8-11H,3,5,7H2,1-2H3,(H,21,22,25)/t10-,11+/m0/s1. The number of nitrogens with zero attached hydrogens (tertiary/aromatic N) is 3. The molecule has 1 N–H and O–H groups in total. The molecule has 0 aliphatic heterocycles. The first-order chi connectivity index (χ1) is 13.5. The number of thioether (sulfide) groups is 1. The summed E-state index contributed by atoms with van der Waals surface area (Å²) >= 11 is 8.76. The fourth-order valence-corrected chi connectivity index (χ4v) is 4.98. The van der Waals surface area contributed by atoms with Crippen molar-refractivity contribution >= 4 is 46.4 Å². The third kappa shape index (κ3) is 4.39. The summed E-state index contributed by atoms with van der Waals surface area (Å²) in [6.07, 6.45) is 4.94. The van der Waals surface area contributed by atoms with E-state index in [1.165, 1.54) is 34.8 Å². The maximum absolute atomic E-state index is 12.3. The number of aryl methyl sites for hydroxylation is 1. The molecule has 6 nitrogen and oxygen atoms in total. The van der Waals surface area contributed by atoms with Crippen molar-refractivity contribution in [3.8, 4) is 10.8 Å². The first-order valence-electron chi connectivity index (χ1n) is 9.02. The summed E-state index contributed by atoms with van der Waals surface area (Å²) in [5.74, 6) is 1.49. The van der Waals surface area contributed by atoms with Crippen molar-refractivity contribution < 1.29 is 9.21 Å². The van der Waals surface area contributed by atoms with Gasteiger partial charge in [-0.15, -0.1) is 21.5 Å². The summed E-state index contributed by atoms with van der Waals surface area (Å²) in [5.41, 5.74) is 1.40. The molecule has 1 aliphatic carbocycles. The van der Waals surface area contributed by atoms with E-state index in [1.807, 2.05) is 0 Å². The molecular formula is C19H19ClN4O2S2. The predicted octanol–water partition coefficient (Wildman–Crippen LogP) is 5.09. The minimum atomic E-state index is -0.414. The number of hydrogen-bond acceptors (Lipinski definition) is 7. The lowest BCUT2D eigenvalue weighted by Gasteiger charge is -2.16. The van der Waals surface area contributed by atoms with Crippen molar-refractivity contribution in [1.82, 2.24) is 15.2 Å². The largest absolute Gasteiger partial charge is 0.410 e. The van der Waals surface area contributed by atoms with Crippen LogP contribution < -0.4 is 5.32 Å². The number of pyridine rings is 1. The molecule has 4 rings (SSSR count). The fraction of sp³-hybridized carbons (Fsp3) is 0.368. The van der Waals surface area contributed by atoms with Gasteiger partial charge in [0.15, 0.2) is 0 Å². The van der Waals surface area contributed by atoms with E-state index in [9.17, 15) is 4.79 Å². The SMILES string of the molecule is C[C@H]1CCc2sc(-c3nnc(S[C@H](C)C(=O)Nc4ccc(Cl)cn4)o3)cc2C1. The van der Waals surface area contributed by atoms with Gasteiger partial charge in [-0.05, 0) is 55.9 Å². The summed E-state index contributed by atoms with van der Waals surface area (Å²) < 4.78 is 5.80. The van der Waals surface area contributed by atoms with Gasteiger partial charge in [0.2, 0.25) is 5.91 Å². The van der Waals surface area contributed by atoms with Gasteiger partial charge in [-0.1, -0.05) is 30.3 Å². The van der Waals surface area contributed by atoms with E-state index in [2.05, 4.69) is 33.5 Å². The molecule has 0 spiro atoms. The van der Waals surface area contributed by atoms with E-state index in [0.29, 0.717) is 22.0 Å². The zero-order chi connectivity index (χ0) is 19.7. The number of thiophene rings is 1. The van der Waals surface area contributed by atoms with Gasteiger partial charge in [0.1, 0.15) is 5.82 Å². The molecule has 0 saturated heterocycles. The molecule has 28 heavy (non-hydrogen) atoms. The molecule has 3 heterocycles. The number of carbonyl (C=O) groups excluding carboxylic acids is 1. The molecular weight excluding hydrogens is 416 g/mol. The van der Waals surface area contributed by atoms with Crippen molar-refractivity contribution in [3.63, 3.8) is 0 Å². The number of anilines is 1. The van der Waals surface area contributed by atoms with Crippen LogP contribution in [0.5, 0.6) is 0 Å². The highest BCUT2D eigenvalue weighted by Gasteiger charge is 2.22. The van der Waals surface area contributed by atoms with Gasteiger partial charge in [-0.2, -0.15) is 0 Å². The molecule has 0 fully saturated rings. The van der Waals surface area contributed by atoms with E-state index in [1.54, 1.807) is 30.4 Å². The van der Waals surface area contributed by atoms with Crippen molar-refractivity contribution in [1.29, 1.82) is 0 Å². The lowest BCUT2D eigenvalue weighted by atomic mass is 9.90. The molecule has 3 aromatic rings. The van der Waals surface area contributed by atoms with Crippen LogP contribution in [0.25, 0.3) is 10.8 Å². The Morgan fingerprint density at radius 3 is 3.07 bits per heavy atom. The first kappa shape index (κ1) is 19.4. The van der Waals surface area contributed by atoms with E-state index in [-0.39, 0.29) is 5.91 Å². The van der Waals surface area contributed by atoms with Gasteiger partial charge in [0.05, 0.1) is 15.1 Å². The maximum atomic E-state index is 12.3. The minimum absolute atomic E-state index is 0.194. The summed E-state index contributed by atoms with van der Waals surface area (Å²) in [7, 11) is 0. The number of rotatable bonds is 5. The van der Waals surface area contributed by atoms with Gasteiger partial charge in [0.25, 0.3) is 11.1 Å². The zero-order valence-electron chi connectivity index (χ0n) is 15.4. The Morgan fingerprint density at radius 2 is 2.29 bits per heavy atom. The fourth-order valence-electron chi connectivity index (χ4n) is 3.05. The van der Waals surface area contributed by atoms with E-state index < -0.39 is 5.25 Å². The van der Waals surface area contributed by atoms with Gasteiger partial charge < -0.3 is 9.73 Å². The van der Waals surface area contributed by atoms with Gasteiger partial charge in [-0.25, -0.2) is 4.98 Å². The minimum Gasteiger partial charge on any atom is -0.410 e. The third-order valence-electron chi connectivity index (χ3n) is 4.57. The summed E-state index contributed by atoms with van der Waals surface area (Å²) in [4.78, 5) is 18.8. The van der Waals surface area contributed by atoms with Crippen molar-refractivity contribution in [2.24, 2.45) is 5.92 Å². The molecule has 0 saturated carbocycles. The molecule has 146 valence electrons. The van der Waals surface area contributed by atoms with Crippen LogP contribution in [0.1, 0.15) is 30.7 Å². The van der Waals surface area contributed by atoms with Crippen LogP contribution >= 0.6 is 34.7 Å². The van der Waals surface area contributed by atoms with Crippen LogP contribution in [0.15, 0.2) is 34.0 Å². The Labute approximate surface area is 176 Å². The average Bonchev–Trinajstić information content (AvgIpc) is 3.29. The average molecular weight is 435 g/mol.